The lowest BCUT2D eigenvalue weighted by Crippen LogP contribution is -2.39. The van der Waals surface area contributed by atoms with Crippen molar-refractivity contribution in [3.05, 3.63) is 23.5 Å². The molecule has 0 fully saturated rings. The molecule has 0 unspecified atom stereocenters. The van der Waals surface area contributed by atoms with Crippen LogP contribution in [-0.2, 0) is 0 Å². The first-order valence-corrected chi connectivity index (χ1v) is 4.90. The fraction of sp³-hybridized carbons (Fsp3) is 0.455. The molecule has 0 aliphatic carbocycles. The second-order valence-electron chi connectivity index (χ2n) is 4.39. The average molecular weight is 221 g/mol. The van der Waals surface area contributed by atoms with Gasteiger partial charge in [-0.1, -0.05) is 0 Å². The Balaban J connectivity index is 2.75. The molecular weight excluding hydrogens is 206 g/mol. The highest BCUT2D eigenvalue weighted by Gasteiger charge is 2.20. The lowest BCUT2D eigenvalue weighted by atomic mass is 10.1. The van der Waals surface area contributed by atoms with Crippen molar-refractivity contribution in [2.24, 2.45) is 0 Å². The molecule has 0 saturated carbocycles. The minimum atomic E-state index is -0.932. The van der Waals surface area contributed by atoms with Crippen molar-refractivity contribution in [2.45, 2.75) is 19.4 Å². The number of likely N-dealkylation sites (N-methyl/N-ethyl adjacent to an activating group) is 1. The Morgan fingerprint density at radius 2 is 2.31 bits per heavy atom. The Bertz CT molecular complexity index is 423. The predicted octanol–water partition coefficient (Wildman–Crippen LogP) is 0.729. The van der Waals surface area contributed by atoms with Crippen LogP contribution in [-0.4, -0.2) is 40.1 Å². The highest BCUT2D eigenvalue weighted by molar-refractivity contribution is 5.94. The molecule has 1 aromatic heterocycles. The van der Waals surface area contributed by atoms with Gasteiger partial charge in [-0.2, -0.15) is 5.26 Å². The maximum absolute atomic E-state index is 11.8. The lowest BCUT2D eigenvalue weighted by molar-refractivity contribution is 0.0368. The van der Waals surface area contributed by atoms with Gasteiger partial charge in [0, 0.05) is 19.8 Å². The number of rotatable bonds is 3. The number of nitrogens with zero attached hydrogens (tertiary/aromatic N) is 2. The molecular formula is C11H15N3O2. The second kappa shape index (κ2) is 4.37. The summed E-state index contributed by atoms with van der Waals surface area (Å²) in [5, 5.41) is 18.2. The molecule has 2 N–H and O–H groups in total. The molecule has 1 amide bonds. The van der Waals surface area contributed by atoms with Gasteiger partial charge in [-0.3, -0.25) is 4.79 Å². The van der Waals surface area contributed by atoms with Crippen molar-refractivity contribution >= 4 is 5.91 Å². The molecule has 16 heavy (non-hydrogen) atoms. The van der Waals surface area contributed by atoms with Crippen LogP contribution >= 0.6 is 0 Å². The summed E-state index contributed by atoms with van der Waals surface area (Å²) in [7, 11) is 1.61. The van der Waals surface area contributed by atoms with Gasteiger partial charge >= 0.3 is 0 Å². The number of carbonyl (C=O) groups is 1. The van der Waals surface area contributed by atoms with Gasteiger partial charge in [0.25, 0.3) is 5.91 Å². The van der Waals surface area contributed by atoms with Crippen molar-refractivity contribution in [2.75, 3.05) is 13.6 Å². The minimum Gasteiger partial charge on any atom is -0.389 e. The van der Waals surface area contributed by atoms with E-state index in [0.29, 0.717) is 11.3 Å². The maximum Gasteiger partial charge on any atom is 0.255 e. The highest BCUT2D eigenvalue weighted by atomic mass is 16.3. The Hall–Kier alpha value is -1.80. The van der Waals surface area contributed by atoms with Gasteiger partial charge in [-0.05, 0) is 19.9 Å². The molecule has 0 atom stereocenters. The fourth-order valence-corrected chi connectivity index (χ4v) is 1.45. The van der Waals surface area contributed by atoms with E-state index in [1.165, 1.54) is 17.2 Å². The van der Waals surface area contributed by atoms with Crippen molar-refractivity contribution in [1.82, 2.24) is 9.88 Å². The Morgan fingerprint density at radius 1 is 1.69 bits per heavy atom. The first-order valence-electron chi connectivity index (χ1n) is 4.90. The van der Waals surface area contributed by atoms with E-state index in [1.54, 1.807) is 20.9 Å². The summed E-state index contributed by atoms with van der Waals surface area (Å²) in [4.78, 5) is 15.9. The van der Waals surface area contributed by atoms with Crippen LogP contribution in [0.2, 0.25) is 0 Å². The number of aromatic amines is 1. The van der Waals surface area contributed by atoms with Crippen molar-refractivity contribution in [1.29, 1.82) is 5.26 Å². The highest BCUT2D eigenvalue weighted by Crippen LogP contribution is 2.09. The number of aromatic nitrogens is 1. The van der Waals surface area contributed by atoms with Crippen molar-refractivity contribution in [3.8, 4) is 6.07 Å². The molecule has 0 aliphatic rings. The summed E-state index contributed by atoms with van der Waals surface area (Å²) < 4.78 is 0. The molecule has 5 heteroatoms. The number of H-pyrrole nitrogens is 1. The SMILES string of the molecule is CN(CC(C)(C)O)C(=O)c1c[nH]c(C#N)c1. The number of hydrogen-bond acceptors (Lipinski definition) is 3. The number of hydrogen-bond donors (Lipinski definition) is 2. The third-order valence-electron chi connectivity index (χ3n) is 2.02. The third-order valence-corrected chi connectivity index (χ3v) is 2.02. The second-order valence-corrected chi connectivity index (χ2v) is 4.39. The quantitative estimate of drug-likeness (QED) is 0.789. The summed E-state index contributed by atoms with van der Waals surface area (Å²) in [5.74, 6) is -0.222. The smallest absolute Gasteiger partial charge is 0.255 e. The van der Waals surface area contributed by atoms with Crippen LogP contribution < -0.4 is 0 Å². The monoisotopic (exact) mass is 221 g/mol. The van der Waals surface area contributed by atoms with Gasteiger partial charge in [-0.15, -0.1) is 0 Å². The molecule has 0 radical (unpaired) electrons. The van der Waals surface area contributed by atoms with E-state index in [-0.39, 0.29) is 12.5 Å². The molecule has 0 aromatic carbocycles. The topological polar surface area (TPSA) is 80.1 Å². The van der Waals surface area contributed by atoms with E-state index in [2.05, 4.69) is 4.98 Å². The third kappa shape index (κ3) is 3.11. The Kier molecular flexibility index (Phi) is 3.35. The summed E-state index contributed by atoms with van der Waals surface area (Å²) in [6.45, 7) is 3.50. The first kappa shape index (κ1) is 12.3. The van der Waals surface area contributed by atoms with E-state index in [1.807, 2.05) is 6.07 Å². The zero-order valence-corrected chi connectivity index (χ0v) is 9.61. The van der Waals surface area contributed by atoms with Gasteiger partial charge in [0.2, 0.25) is 0 Å². The Morgan fingerprint density at radius 3 is 2.75 bits per heavy atom. The van der Waals surface area contributed by atoms with Crippen molar-refractivity contribution < 1.29 is 9.90 Å². The number of nitriles is 1. The first-order chi connectivity index (χ1) is 7.33. The number of nitrogens with one attached hydrogen (secondary N) is 1. The number of carbonyl (C=O) groups excluding carboxylic acids is 1. The Labute approximate surface area is 94.3 Å². The summed E-state index contributed by atoms with van der Waals surface area (Å²) in [6.07, 6.45) is 1.49. The molecule has 0 aliphatic heterocycles. The zero-order valence-electron chi connectivity index (χ0n) is 9.61. The number of aliphatic hydroxyl groups is 1. The summed E-state index contributed by atoms with van der Waals surface area (Å²) in [5.41, 5.74) is -0.165. The minimum absolute atomic E-state index is 0.222. The molecule has 1 heterocycles. The van der Waals surface area contributed by atoms with E-state index in [9.17, 15) is 9.90 Å². The van der Waals surface area contributed by atoms with Gasteiger partial charge in [-0.25, -0.2) is 0 Å². The van der Waals surface area contributed by atoms with Crippen LogP contribution in [0.25, 0.3) is 0 Å². The van der Waals surface area contributed by atoms with Crippen LogP contribution in [0.3, 0.4) is 0 Å². The van der Waals surface area contributed by atoms with Crippen LogP contribution in [0.15, 0.2) is 12.3 Å². The van der Waals surface area contributed by atoms with E-state index in [0.717, 1.165) is 0 Å². The van der Waals surface area contributed by atoms with Crippen LogP contribution in [0.5, 0.6) is 0 Å². The van der Waals surface area contributed by atoms with Gasteiger partial charge in [0.15, 0.2) is 0 Å². The standard InChI is InChI=1S/C11H15N3O2/c1-11(2,16)7-14(3)10(15)8-4-9(5-12)13-6-8/h4,6,13,16H,7H2,1-3H3. The maximum atomic E-state index is 11.8. The van der Waals surface area contributed by atoms with Crippen LogP contribution in [0.1, 0.15) is 29.9 Å². The van der Waals surface area contributed by atoms with E-state index in [4.69, 9.17) is 5.26 Å². The normalized spacial score (nSPS) is 10.9. The molecule has 1 aromatic rings. The summed E-state index contributed by atoms with van der Waals surface area (Å²) >= 11 is 0. The van der Waals surface area contributed by atoms with Gasteiger partial charge in [0.1, 0.15) is 11.8 Å². The molecule has 0 bridgehead atoms. The lowest BCUT2D eigenvalue weighted by Gasteiger charge is -2.25. The summed E-state index contributed by atoms with van der Waals surface area (Å²) in [6, 6.07) is 3.40. The van der Waals surface area contributed by atoms with Gasteiger partial charge < -0.3 is 15.0 Å². The number of amides is 1. The van der Waals surface area contributed by atoms with E-state index < -0.39 is 5.60 Å². The zero-order chi connectivity index (χ0) is 12.3. The largest absolute Gasteiger partial charge is 0.389 e. The molecule has 1 rings (SSSR count). The predicted molar refractivity (Wildman–Crippen MR) is 58.8 cm³/mol. The molecule has 0 spiro atoms. The molecule has 0 saturated heterocycles. The van der Waals surface area contributed by atoms with E-state index >= 15 is 0 Å². The fourth-order valence-electron chi connectivity index (χ4n) is 1.45. The molecule has 86 valence electrons. The van der Waals surface area contributed by atoms with Crippen molar-refractivity contribution in [3.63, 3.8) is 0 Å². The average Bonchev–Trinajstić information content (AvgIpc) is 2.61. The van der Waals surface area contributed by atoms with Crippen LogP contribution in [0.4, 0.5) is 0 Å². The van der Waals surface area contributed by atoms with Crippen LogP contribution in [0, 0.1) is 11.3 Å². The van der Waals surface area contributed by atoms with Gasteiger partial charge in [0.05, 0.1) is 11.2 Å². The molecule has 5 nitrogen and oxygen atoms in total.